The van der Waals surface area contributed by atoms with Crippen molar-refractivity contribution in [2.45, 2.75) is 25.8 Å². The summed E-state index contributed by atoms with van der Waals surface area (Å²) in [5, 5.41) is 0.528. The van der Waals surface area contributed by atoms with E-state index in [1.807, 2.05) is 18.2 Å². The first-order valence-corrected chi connectivity index (χ1v) is 7.67. The molecule has 1 aliphatic heterocycles. The number of halogens is 1. The molecule has 0 spiro atoms. The van der Waals surface area contributed by atoms with Gasteiger partial charge < -0.3 is 4.90 Å². The van der Waals surface area contributed by atoms with Gasteiger partial charge in [0.25, 0.3) is 0 Å². The molecule has 3 rings (SSSR count). The largest absolute Gasteiger partial charge is 0.361 e. The van der Waals surface area contributed by atoms with Gasteiger partial charge in [-0.15, -0.1) is 0 Å². The summed E-state index contributed by atoms with van der Waals surface area (Å²) < 4.78 is 0. The molecule has 0 aromatic heterocycles. The average Bonchev–Trinajstić information content (AvgIpc) is 2.50. The second kappa shape index (κ2) is 5.90. The van der Waals surface area contributed by atoms with Crippen molar-refractivity contribution in [2.24, 2.45) is 0 Å². The van der Waals surface area contributed by atoms with E-state index in [1.165, 1.54) is 11.3 Å². The maximum atomic E-state index is 12.6. The Kier molecular flexibility index (Phi) is 3.98. The van der Waals surface area contributed by atoms with Crippen molar-refractivity contribution in [3.63, 3.8) is 0 Å². The van der Waals surface area contributed by atoms with Crippen LogP contribution in [-0.2, 0) is 6.42 Å². The van der Waals surface area contributed by atoms with Gasteiger partial charge in [-0.1, -0.05) is 41.9 Å². The fourth-order valence-corrected chi connectivity index (χ4v) is 3.17. The summed E-state index contributed by atoms with van der Waals surface area (Å²) in [4.78, 5) is 14.8. The van der Waals surface area contributed by atoms with Crippen molar-refractivity contribution < 1.29 is 4.79 Å². The van der Waals surface area contributed by atoms with Crippen LogP contribution >= 0.6 is 11.6 Å². The van der Waals surface area contributed by atoms with E-state index in [0.29, 0.717) is 23.2 Å². The lowest BCUT2D eigenvalue weighted by Crippen LogP contribution is -2.40. The molecule has 2 aromatic rings. The van der Waals surface area contributed by atoms with Crippen LogP contribution in [0.15, 0.2) is 48.5 Å². The minimum absolute atomic E-state index is 0.0733. The molecule has 2 nitrogen and oxygen atoms in total. The number of benzene rings is 2. The number of para-hydroxylation sites is 1. The Morgan fingerprint density at radius 2 is 1.90 bits per heavy atom. The summed E-state index contributed by atoms with van der Waals surface area (Å²) in [5.74, 6) is 0.0733. The summed E-state index contributed by atoms with van der Waals surface area (Å²) in [5.41, 5.74) is 3.11. The van der Waals surface area contributed by atoms with Crippen LogP contribution in [0.25, 0.3) is 0 Å². The Morgan fingerprint density at radius 1 is 1.19 bits per heavy atom. The number of carbonyl (C=O) groups is 1. The first-order valence-electron chi connectivity index (χ1n) is 7.29. The fourth-order valence-electron chi connectivity index (χ4n) is 2.93. The molecule has 0 saturated heterocycles. The van der Waals surface area contributed by atoms with Crippen molar-refractivity contribution in [3.05, 3.63) is 64.7 Å². The topological polar surface area (TPSA) is 20.3 Å². The number of nitrogens with zero attached hydrogens (tertiary/aromatic N) is 1. The van der Waals surface area contributed by atoms with Gasteiger partial charge in [0.2, 0.25) is 0 Å². The number of anilines is 1. The lowest BCUT2D eigenvalue weighted by molar-refractivity contribution is 0.0996. The summed E-state index contributed by atoms with van der Waals surface area (Å²) in [7, 11) is 0. The van der Waals surface area contributed by atoms with Gasteiger partial charge in [0.15, 0.2) is 5.78 Å². The van der Waals surface area contributed by atoms with Gasteiger partial charge in [0.05, 0.1) is 11.6 Å². The van der Waals surface area contributed by atoms with E-state index >= 15 is 0 Å². The number of Topliss-reactive ketones (excluding diaryl/α,β-unsaturated/α-hetero) is 1. The first-order chi connectivity index (χ1) is 10.2. The number of ketones is 1. The van der Waals surface area contributed by atoms with E-state index in [-0.39, 0.29) is 5.78 Å². The third-order valence-corrected chi connectivity index (χ3v) is 4.48. The van der Waals surface area contributed by atoms with Crippen molar-refractivity contribution in [1.82, 2.24) is 0 Å². The van der Waals surface area contributed by atoms with Crippen LogP contribution in [0.2, 0.25) is 5.02 Å². The molecule has 1 heterocycles. The molecular weight excluding hydrogens is 282 g/mol. The molecule has 21 heavy (non-hydrogen) atoms. The smallest absolute Gasteiger partial charge is 0.183 e. The second-order valence-corrected chi connectivity index (χ2v) is 5.95. The van der Waals surface area contributed by atoms with Crippen LogP contribution in [0.1, 0.15) is 29.3 Å². The Hall–Kier alpha value is -1.80. The summed E-state index contributed by atoms with van der Waals surface area (Å²) in [6.07, 6.45) is 2.15. The lowest BCUT2D eigenvalue weighted by Gasteiger charge is -2.36. The standard InChI is InChI=1S/C18H18ClNO/c1-13-10-11-14-6-2-5-9-17(14)20(13)12-18(21)15-7-3-4-8-16(15)19/h2-9,13H,10-12H2,1H3. The molecule has 108 valence electrons. The predicted molar refractivity (Wildman–Crippen MR) is 87.4 cm³/mol. The third-order valence-electron chi connectivity index (χ3n) is 4.15. The highest BCUT2D eigenvalue weighted by molar-refractivity contribution is 6.34. The second-order valence-electron chi connectivity index (χ2n) is 5.55. The molecule has 1 unspecified atom stereocenters. The highest BCUT2D eigenvalue weighted by atomic mass is 35.5. The Morgan fingerprint density at radius 3 is 2.71 bits per heavy atom. The summed E-state index contributed by atoms with van der Waals surface area (Å²) in [6.45, 7) is 2.55. The average molecular weight is 300 g/mol. The van der Waals surface area contributed by atoms with E-state index in [1.54, 1.807) is 12.1 Å². The van der Waals surface area contributed by atoms with Gasteiger partial charge in [-0.25, -0.2) is 0 Å². The van der Waals surface area contributed by atoms with Crippen molar-refractivity contribution >= 4 is 23.1 Å². The van der Waals surface area contributed by atoms with Crippen molar-refractivity contribution in [3.8, 4) is 0 Å². The zero-order chi connectivity index (χ0) is 14.8. The van der Waals surface area contributed by atoms with Crippen LogP contribution in [0.3, 0.4) is 0 Å². The Balaban J connectivity index is 1.88. The molecule has 0 aliphatic carbocycles. The zero-order valence-corrected chi connectivity index (χ0v) is 12.8. The molecule has 0 amide bonds. The molecule has 1 atom stereocenters. The molecule has 0 N–H and O–H groups in total. The first kappa shape index (κ1) is 14.2. The summed E-state index contributed by atoms with van der Waals surface area (Å²) in [6, 6.07) is 16.0. The Labute approximate surface area is 130 Å². The minimum atomic E-state index is 0.0733. The molecule has 0 radical (unpaired) electrons. The maximum absolute atomic E-state index is 12.6. The lowest BCUT2D eigenvalue weighted by atomic mass is 9.96. The predicted octanol–water partition coefficient (Wildman–Crippen LogP) is 4.36. The van der Waals surface area contributed by atoms with E-state index in [9.17, 15) is 4.79 Å². The molecular formula is C18H18ClNO. The maximum Gasteiger partial charge on any atom is 0.183 e. The molecule has 2 aromatic carbocycles. The minimum Gasteiger partial charge on any atom is -0.361 e. The van der Waals surface area contributed by atoms with Crippen LogP contribution in [0.5, 0.6) is 0 Å². The zero-order valence-electron chi connectivity index (χ0n) is 12.1. The van der Waals surface area contributed by atoms with E-state index in [2.05, 4.69) is 30.0 Å². The third kappa shape index (κ3) is 2.81. The Bertz CT molecular complexity index is 668. The number of hydrogen-bond donors (Lipinski definition) is 0. The number of carbonyl (C=O) groups excluding carboxylic acids is 1. The molecule has 1 aliphatic rings. The number of aryl methyl sites for hydroxylation is 1. The highest BCUT2D eigenvalue weighted by Crippen LogP contribution is 2.30. The highest BCUT2D eigenvalue weighted by Gasteiger charge is 2.25. The van der Waals surface area contributed by atoms with Gasteiger partial charge in [0, 0.05) is 17.3 Å². The van der Waals surface area contributed by atoms with Gasteiger partial charge in [-0.3, -0.25) is 4.79 Å². The molecule has 0 fully saturated rings. The molecule has 3 heteroatoms. The van der Waals surface area contributed by atoms with Gasteiger partial charge in [0.1, 0.15) is 0 Å². The van der Waals surface area contributed by atoms with Crippen LogP contribution in [0.4, 0.5) is 5.69 Å². The van der Waals surface area contributed by atoms with Gasteiger partial charge in [-0.05, 0) is 43.5 Å². The quantitative estimate of drug-likeness (QED) is 0.785. The number of rotatable bonds is 3. The SMILES string of the molecule is CC1CCc2ccccc2N1CC(=O)c1ccccc1Cl. The van der Waals surface area contributed by atoms with E-state index in [0.717, 1.165) is 12.8 Å². The van der Waals surface area contributed by atoms with E-state index in [4.69, 9.17) is 11.6 Å². The van der Waals surface area contributed by atoms with Crippen molar-refractivity contribution in [2.75, 3.05) is 11.4 Å². The van der Waals surface area contributed by atoms with E-state index < -0.39 is 0 Å². The molecule has 0 bridgehead atoms. The molecule has 0 saturated carbocycles. The van der Waals surface area contributed by atoms with Gasteiger partial charge >= 0.3 is 0 Å². The number of hydrogen-bond acceptors (Lipinski definition) is 2. The monoisotopic (exact) mass is 299 g/mol. The van der Waals surface area contributed by atoms with Gasteiger partial charge in [-0.2, -0.15) is 0 Å². The fraction of sp³-hybridized carbons (Fsp3) is 0.278. The summed E-state index contributed by atoms with van der Waals surface area (Å²) >= 11 is 6.13. The van der Waals surface area contributed by atoms with Crippen LogP contribution in [0, 0.1) is 0 Å². The normalized spacial score (nSPS) is 17.4. The van der Waals surface area contributed by atoms with Crippen LogP contribution < -0.4 is 4.90 Å². The number of fused-ring (bicyclic) bond motifs is 1. The van der Waals surface area contributed by atoms with Crippen molar-refractivity contribution in [1.29, 1.82) is 0 Å². The van der Waals surface area contributed by atoms with Crippen LogP contribution in [-0.4, -0.2) is 18.4 Å².